The first-order chi connectivity index (χ1) is 16.3. The molecule has 3 aromatic rings. The van der Waals surface area contributed by atoms with Crippen molar-refractivity contribution in [2.24, 2.45) is 5.92 Å². The molecular weight excluding hydrogens is 539 g/mol. The van der Waals surface area contributed by atoms with Crippen LogP contribution in [0.1, 0.15) is 31.4 Å². The SMILES string of the molecule is COc1cc(CNc2cccc(NC(=O)CC(C)C)c2)cc(Br)c1OCc1c(Cl)cccc1Cl. The molecule has 180 valence electrons. The van der Waals surface area contributed by atoms with E-state index in [1.807, 2.05) is 50.2 Å². The van der Waals surface area contributed by atoms with E-state index in [-0.39, 0.29) is 12.5 Å². The van der Waals surface area contributed by atoms with E-state index in [1.165, 1.54) is 0 Å². The van der Waals surface area contributed by atoms with E-state index in [0.29, 0.717) is 46.0 Å². The predicted molar refractivity (Wildman–Crippen MR) is 143 cm³/mol. The van der Waals surface area contributed by atoms with E-state index in [2.05, 4.69) is 26.6 Å². The van der Waals surface area contributed by atoms with Crippen molar-refractivity contribution in [1.29, 1.82) is 0 Å². The molecule has 0 fully saturated rings. The number of amides is 1. The maximum absolute atomic E-state index is 12.1. The van der Waals surface area contributed by atoms with Crippen LogP contribution in [0.5, 0.6) is 11.5 Å². The summed E-state index contributed by atoms with van der Waals surface area (Å²) in [5.74, 6) is 1.47. The molecule has 0 spiro atoms. The highest BCUT2D eigenvalue weighted by Crippen LogP contribution is 2.38. The van der Waals surface area contributed by atoms with Crippen molar-refractivity contribution in [1.82, 2.24) is 0 Å². The molecule has 0 radical (unpaired) electrons. The van der Waals surface area contributed by atoms with Crippen molar-refractivity contribution in [3.63, 3.8) is 0 Å². The van der Waals surface area contributed by atoms with Gasteiger partial charge in [-0.25, -0.2) is 0 Å². The van der Waals surface area contributed by atoms with Gasteiger partial charge < -0.3 is 20.1 Å². The first-order valence-corrected chi connectivity index (χ1v) is 12.4. The molecule has 0 bridgehead atoms. The van der Waals surface area contributed by atoms with E-state index in [9.17, 15) is 4.79 Å². The monoisotopic (exact) mass is 564 g/mol. The van der Waals surface area contributed by atoms with Gasteiger partial charge in [-0.05, 0) is 69.9 Å². The van der Waals surface area contributed by atoms with Gasteiger partial charge in [0.15, 0.2) is 11.5 Å². The molecule has 5 nitrogen and oxygen atoms in total. The number of nitrogens with one attached hydrogen (secondary N) is 2. The molecule has 0 aromatic heterocycles. The lowest BCUT2D eigenvalue weighted by Crippen LogP contribution is -2.13. The Balaban J connectivity index is 1.68. The minimum Gasteiger partial charge on any atom is -0.493 e. The quantitative estimate of drug-likeness (QED) is 0.262. The van der Waals surface area contributed by atoms with E-state index in [4.69, 9.17) is 32.7 Å². The van der Waals surface area contributed by atoms with Gasteiger partial charge in [0.2, 0.25) is 5.91 Å². The van der Waals surface area contributed by atoms with Gasteiger partial charge in [0.25, 0.3) is 0 Å². The molecule has 2 N–H and O–H groups in total. The molecule has 0 aliphatic rings. The summed E-state index contributed by atoms with van der Waals surface area (Å²) < 4.78 is 12.3. The molecule has 34 heavy (non-hydrogen) atoms. The van der Waals surface area contributed by atoms with E-state index >= 15 is 0 Å². The van der Waals surface area contributed by atoms with Gasteiger partial charge in [-0.3, -0.25) is 4.79 Å². The second-order valence-corrected chi connectivity index (χ2v) is 9.85. The van der Waals surface area contributed by atoms with Crippen molar-refractivity contribution in [3.05, 3.63) is 80.2 Å². The van der Waals surface area contributed by atoms with Crippen LogP contribution in [-0.4, -0.2) is 13.0 Å². The largest absolute Gasteiger partial charge is 0.493 e. The Morgan fingerprint density at radius 2 is 1.71 bits per heavy atom. The van der Waals surface area contributed by atoms with Crippen LogP contribution in [0.3, 0.4) is 0 Å². The number of halogens is 3. The van der Waals surface area contributed by atoms with Gasteiger partial charge in [0, 0.05) is 39.9 Å². The standard InChI is InChI=1S/C26H27BrCl2N2O3/c1-16(2)10-25(32)31-19-7-4-6-18(13-19)30-14-17-11-21(27)26(24(12-17)33-3)34-15-20-22(28)8-5-9-23(20)29/h4-9,11-13,16,30H,10,14-15H2,1-3H3,(H,31,32). The van der Waals surface area contributed by atoms with E-state index in [1.54, 1.807) is 25.3 Å². The van der Waals surface area contributed by atoms with E-state index < -0.39 is 0 Å². The second kappa shape index (κ2) is 12.3. The summed E-state index contributed by atoms with van der Waals surface area (Å²) in [4.78, 5) is 12.1. The van der Waals surface area contributed by atoms with Crippen molar-refractivity contribution in [3.8, 4) is 11.5 Å². The lowest BCUT2D eigenvalue weighted by molar-refractivity contribution is -0.116. The van der Waals surface area contributed by atoms with E-state index in [0.717, 1.165) is 21.4 Å². The third kappa shape index (κ3) is 7.29. The molecule has 0 aliphatic carbocycles. The van der Waals surface area contributed by atoms with Crippen LogP contribution >= 0.6 is 39.1 Å². The fourth-order valence-corrected chi connectivity index (χ4v) is 4.43. The number of hydrogen-bond donors (Lipinski definition) is 2. The zero-order valence-electron chi connectivity index (χ0n) is 19.3. The third-order valence-electron chi connectivity index (χ3n) is 4.95. The number of carbonyl (C=O) groups excluding carboxylic acids is 1. The van der Waals surface area contributed by atoms with Crippen molar-refractivity contribution in [2.75, 3.05) is 17.7 Å². The van der Waals surface area contributed by atoms with Crippen molar-refractivity contribution in [2.45, 2.75) is 33.4 Å². The highest BCUT2D eigenvalue weighted by molar-refractivity contribution is 9.10. The zero-order valence-corrected chi connectivity index (χ0v) is 22.4. The van der Waals surface area contributed by atoms with Crippen LogP contribution in [0.25, 0.3) is 0 Å². The molecule has 0 unspecified atom stereocenters. The minimum absolute atomic E-state index is 0.00878. The molecule has 0 saturated carbocycles. The topological polar surface area (TPSA) is 59.6 Å². The predicted octanol–water partition coefficient (Wildman–Crippen LogP) is 7.94. The molecule has 3 rings (SSSR count). The Labute approximate surface area is 218 Å². The number of carbonyl (C=O) groups is 1. The first kappa shape index (κ1) is 26.2. The van der Waals surface area contributed by atoms with Crippen molar-refractivity contribution >= 4 is 56.4 Å². The summed E-state index contributed by atoms with van der Waals surface area (Å²) in [5, 5.41) is 7.42. The Hall–Kier alpha value is -2.41. The fourth-order valence-electron chi connectivity index (χ4n) is 3.32. The lowest BCUT2D eigenvalue weighted by Gasteiger charge is -2.16. The number of rotatable bonds is 10. The van der Waals surface area contributed by atoms with Gasteiger partial charge in [-0.1, -0.05) is 49.2 Å². The number of ether oxygens (including phenoxy) is 2. The van der Waals surface area contributed by atoms with Crippen LogP contribution in [0.15, 0.2) is 59.1 Å². The first-order valence-electron chi connectivity index (χ1n) is 10.8. The molecule has 0 heterocycles. The smallest absolute Gasteiger partial charge is 0.224 e. The summed E-state index contributed by atoms with van der Waals surface area (Å²) in [6, 6.07) is 16.9. The minimum atomic E-state index is 0.00878. The summed E-state index contributed by atoms with van der Waals surface area (Å²) in [6.07, 6.45) is 0.489. The van der Waals surface area contributed by atoms with Crippen LogP contribution in [0.2, 0.25) is 10.0 Å². The summed E-state index contributed by atoms with van der Waals surface area (Å²) in [5.41, 5.74) is 3.36. The molecule has 0 aliphatic heterocycles. The van der Waals surface area contributed by atoms with Crippen LogP contribution in [-0.2, 0) is 17.9 Å². The molecule has 1 amide bonds. The Bertz CT molecular complexity index is 1130. The summed E-state index contributed by atoms with van der Waals surface area (Å²) >= 11 is 16.1. The molecule has 0 saturated heterocycles. The number of methoxy groups -OCH3 is 1. The van der Waals surface area contributed by atoms with Gasteiger partial charge in [-0.15, -0.1) is 0 Å². The second-order valence-electron chi connectivity index (χ2n) is 8.18. The maximum Gasteiger partial charge on any atom is 0.224 e. The Kier molecular flexibility index (Phi) is 9.51. The Morgan fingerprint density at radius 1 is 1.03 bits per heavy atom. The third-order valence-corrected chi connectivity index (χ3v) is 6.25. The van der Waals surface area contributed by atoms with Gasteiger partial charge in [-0.2, -0.15) is 0 Å². The Morgan fingerprint density at radius 3 is 2.38 bits per heavy atom. The average Bonchev–Trinajstić information content (AvgIpc) is 2.77. The molecule has 3 aromatic carbocycles. The number of anilines is 2. The molecule has 8 heteroatoms. The fraction of sp³-hybridized carbons (Fsp3) is 0.269. The summed E-state index contributed by atoms with van der Waals surface area (Å²) in [6.45, 7) is 4.80. The summed E-state index contributed by atoms with van der Waals surface area (Å²) in [7, 11) is 1.59. The lowest BCUT2D eigenvalue weighted by atomic mass is 10.1. The van der Waals surface area contributed by atoms with Crippen LogP contribution in [0, 0.1) is 5.92 Å². The number of benzene rings is 3. The molecule has 0 atom stereocenters. The number of hydrogen-bond acceptors (Lipinski definition) is 4. The zero-order chi connectivity index (χ0) is 24.7. The van der Waals surface area contributed by atoms with Crippen molar-refractivity contribution < 1.29 is 14.3 Å². The average molecular weight is 566 g/mol. The maximum atomic E-state index is 12.1. The van der Waals surface area contributed by atoms with Crippen LogP contribution in [0.4, 0.5) is 11.4 Å². The van der Waals surface area contributed by atoms with Gasteiger partial charge >= 0.3 is 0 Å². The van der Waals surface area contributed by atoms with Gasteiger partial charge in [0.1, 0.15) is 6.61 Å². The normalized spacial score (nSPS) is 10.8. The van der Waals surface area contributed by atoms with Crippen LogP contribution < -0.4 is 20.1 Å². The highest BCUT2D eigenvalue weighted by Gasteiger charge is 2.14. The highest BCUT2D eigenvalue weighted by atomic mass is 79.9. The molecular formula is C26H27BrCl2N2O3. The van der Waals surface area contributed by atoms with Gasteiger partial charge in [0.05, 0.1) is 11.6 Å².